The lowest BCUT2D eigenvalue weighted by atomic mass is 10.0. The quantitative estimate of drug-likeness (QED) is 0.705. The predicted molar refractivity (Wildman–Crippen MR) is 81.3 cm³/mol. The van der Waals surface area contributed by atoms with Gasteiger partial charge in [0.15, 0.2) is 0 Å². The van der Waals surface area contributed by atoms with Gasteiger partial charge in [-0.25, -0.2) is 9.59 Å². The summed E-state index contributed by atoms with van der Waals surface area (Å²) in [5.41, 5.74) is -0.599. The van der Waals surface area contributed by atoms with E-state index in [9.17, 15) is 14.4 Å². The molecule has 0 aromatic heterocycles. The van der Waals surface area contributed by atoms with E-state index in [1.165, 1.54) is 28.7 Å². The molecule has 22 heavy (non-hydrogen) atoms. The van der Waals surface area contributed by atoms with Gasteiger partial charge in [0.2, 0.25) is 5.91 Å². The van der Waals surface area contributed by atoms with Crippen molar-refractivity contribution < 1.29 is 23.9 Å². The molecule has 124 valence electrons. The molecule has 2 saturated heterocycles. The number of methoxy groups -OCH3 is 1. The zero-order chi connectivity index (χ0) is 16.5. The molecule has 0 N–H and O–H groups in total. The number of likely N-dealkylation sites (tertiary alicyclic amines) is 1. The second-order valence-corrected chi connectivity index (χ2v) is 7.32. The fourth-order valence-electron chi connectivity index (χ4n) is 2.37. The largest absolute Gasteiger partial charge is 0.467 e. The Hall–Kier alpha value is -1.44. The minimum Gasteiger partial charge on any atom is -0.467 e. The van der Waals surface area contributed by atoms with Gasteiger partial charge < -0.3 is 14.4 Å². The van der Waals surface area contributed by atoms with Crippen LogP contribution in [0.2, 0.25) is 0 Å². The van der Waals surface area contributed by atoms with Crippen molar-refractivity contribution in [3.63, 3.8) is 0 Å². The number of ether oxygens (including phenoxy) is 2. The fourth-order valence-corrected chi connectivity index (χ4v) is 3.51. The SMILES string of the molecule is COC(=O)C1CSCN1C(=O)[C@H]1CCN1C(=O)OC(C)(C)C. The van der Waals surface area contributed by atoms with E-state index in [1.54, 1.807) is 20.8 Å². The first-order valence-corrected chi connectivity index (χ1v) is 8.35. The number of nitrogens with zero attached hydrogens (tertiary/aromatic N) is 2. The summed E-state index contributed by atoms with van der Waals surface area (Å²) in [6.45, 7) is 5.85. The van der Waals surface area contributed by atoms with Gasteiger partial charge in [0.25, 0.3) is 0 Å². The molecule has 0 radical (unpaired) electrons. The van der Waals surface area contributed by atoms with Crippen LogP contribution in [0.3, 0.4) is 0 Å². The second kappa shape index (κ2) is 6.36. The lowest BCUT2D eigenvalue weighted by molar-refractivity contribution is -0.154. The minimum atomic E-state index is -0.599. The van der Waals surface area contributed by atoms with E-state index in [0.29, 0.717) is 24.6 Å². The number of carbonyl (C=O) groups excluding carboxylic acids is 3. The highest BCUT2D eigenvalue weighted by Crippen LogP contribution is 2.28. The van der Waals surface area contributed by atoms with Gasteiger partial charge in [0.05, 0.1) is 13.0 Å². The maximum Gasteiger partial charge on any atom is 0.410 e. The first-order chi connectivity index (χ1) is 10.2. The normalized spacial score (nSPS) is 24.7. The summed E-state index contributed by atoms with van der Waals surface area (Å²) in [6.07, 6.45) is 0.103. The van der Waals surface area contributed by atoms with E-state index < -0.39 is 29.7 Å². The van der Waals surface area contributed by atoms with Crippen molar-refractivity contribution in [2.24, 2.45) is 0 Å². The molecule has 0 bridgehead atoms. The van der Waals surface area contributed by atoms with Crippen molar-refractivity contribution in [2.75, 3.05) is 25.3 Å². The van der Waals surface area contributed by atoms with E-state index in [-0.39, 0.29) is 5.91 Å². The van der Waals surface area contributed by atoms with Crippen molar-refractivity contribution in [1.29, 1.82) is 0 Å². The molecule has 0 saturated carbocycles. The number of esters is 1. The molecule has 0 aromatic carbocycles. The van der Waals surface area contributed by atoms with Crippen LogP contribution < -0.4 is 0 Å². The van der Waals surface area contributed by atoms with Gasteiger partial charge >= 0.3 is 12.1 Å². The Labute approximate surface area is 134 Å². The molecular weight excluding hydrogens is 308 g/mol. The summed E-state index contributed by atoms with van der Waals surface area (Å²) in [6, 6.07) is -1.11. The molecule has 0 aliphatic carbocycles. The zero-order valence-corrected chi connectivity index (χ0v) is 14.1. The Balaban J connectivity index is 2.01. The number of thioether (sulfide) groups is 1. The highest BCUT2D eigenvalue weighted by atomic mass is 32.2. The summed E-state index contributed by atoms with van der Waals surface area (Å²) in [4.78, 5) is 39.3. The first kappa shape index (κ1) is 16.9. The molecular formula is C14H22N2O5S. The molecule has 2 amide bonds. The topological polar surface area (TPSA) is 76.2 Å². The number of hydrogen-bond acceptors (Lipinski definition) is 6. The summed E-state index contributed by atoms with van der Waals surface area (Å²) in [7, 11) is 1.31. The van der Waals surface area contributed by atoms with Gasteiger partial charge in [-0.05, 0) is 27.2 Å². The Morgan fingerprint density at radius 3 is 2.32 bits per heavy atom. The highest BCUT2D eigenvalue weighted by Gasteiger charge is 2.45. The van der Waals surface area contributed by atoms with Crippen molar-refractivity contribution in [1.82, 2.24) is 9.80 Å². The van der Waals surface area contributed by atoms with Gasteiger partial charge in [0.1, 0.15) is 17.7 Å². The van der Waals surface area contributed by atoms with Gasteiger partial charge in [-0.3, -0.25) is 9.69 Å². The predicted octanol–water partition coefficient (Wildman–Crippen LogP) is 1.07. The van der Waals surface area contributed by atoms with E-state index in [4.69, 9.17) is 9.47 Å². The number of rotatable bonds is 2. The Kier molecular flexibility index (Phi) is 4.89. The molecule has 2 aliphatic heterocycles. The van der Waals surface area contributed by atoms with Gasteiger partial charge in [0, 0.05) is 12.3 Å². The van der Waals surface area contributed by atoms with Crippen LogP contribution in [0, 0.1) is 0 Å². The summed E-state index contributed by atoms with van der Waals surface area (Å²) >= 11 is 1.50. The Bertz CT molecular complexity index is 476. The monoisotopic (exact) mass is 330 g/mol. The number of amides is 2. The lowest BCUT2D eigenvalue weighted by Gasteiger charge is -2.42. The molecule has 0 spiro atoms. The van der Waals surface area contributed by atoms with Crippen LogP contribution >= 0.6 is 11.8 Å². The smallest absolute Gasteiger partial charge is 0.410 e. The molecule has 2 atom stereocenters. The van der Waals surface area contributed by atoms with Gasteiger partial charge in [-0.1, -0.05) is 0 Å². The summed E-state index contributed by atoms with van der Waals surface area (Å²) < 4.78 is 10.0. The first-order valence-electron chi connectivity index (χ1n) is 7.20. The maximum absolute atomic E-state index is 12.6. The van der Waals surface area contributed by atoms with E-state index in [0.717, 1.165) is 0 Å². The standard InChI is InChI=1S/C14H22N2O5S/c1-14(2,3)21-13(19)15-6-5-9(15)11(17)16-8-22-7-10(16)12(18)20-4/h9-10H,5-8H2,1-4H3/t9-,10?/m1/s1. The van der Waals surface area contributed by atoms with Crippen molar-refractivity contribution in [2.45, 2.75) is 44.9 Å². The Morgan fingerprint density at radius 1 is 1.14 bits per heavy atom. The van der Waals surface area contributed by atoms with Crippen LogP contribution in [0.15, 0.2) is 0 Å². The van der Waals surface area contributed by atoms with Gasteiger partial charge in [-0.2, -0.15) is 0 Å². The zero-order valence-electron chi connectivity index (χ0n) is 13.3. The second-order valence-electron chi connectivity index (χ2n) is 6.33. The third-order valence-corrected chi connectivity index (χ3v) is 4.58. The summed E-state index contributed by atoms with van der Waals surface area (Å²) in [5.74, 6) is 0.341. The fraction of sp³-hybridized carbons (Fsp3) is 0.786. The van der Waals surface area contributed by atoms with Crippen molar-refractivity contribution in [3.8, 4) is 0 Å². The average molecular weight is 330 g/mol. The molecule has 2 rings (SSSR count). The molecule has 1 unspecified atom stereocenters. The van der Waals surface area contributed by atoms with Gasteiger partial charge in [-0.15, -0.1) is 11.8 Å². The van der Waals surface area contributed by atoms with Crippen LogP contribution in [0.5, 0.6) is 0 Å². The summed E-state index contributed by atoms with van der Waals surface area (Å²) in [5, 5.41) is 0. The van der Waals surface area contributed by atoms with E-state index >= 15 is 0 Å². The molecule has 8 heteroatoms. The molecule has 0 aromatic rings. The molecule has 2 heterocycles. The Morgan fingerprint density at radius 2 is 1.82 bits per heavy atom. The third-order valence-electron chi connectivity index (χ3n) is 3.57. The van der Waals surface area contributed by atoms with Crippen LogP contribution in [0.25, 0.3) is 0 Å². The maximum atomic E-state index is 12.6. The van der Waals surface area contributed by atoms with Crippen LogP contribution in [0.1, 0.15) is 27.2 Å². The number of hydrogen-bond donors (Lipinski definition) is 0. The highest BCUT2D eigenvalue weighted by molar-refractivity contribution is 7.99. The minimum absolute atomic E-state index is 0.211. The van der Waals surface area contributed by atoms with Crippen LogP contribution in [-0.4, -0.2) is 70.7 Å². The van der Waals surface area contributed by atoms with Crippen molar-refractivity contribution in [3.05, 3.63) is 0 Å². The lowest BCUT2D eigenvalue weighted by Crippen LogP contribution is -2.61. The third kappa shape index (κ3) is 3.48. The molecule has 2 fully saturated rings. The average Bonchev–Trinajstić information content (AvgIpc) is 2.83. The van der Waals surface area contributed by atoms with E-state index in [2.05, 4.69) is 0 Å². The number of carbonyl (C=O) groups is 3. The van der Waals surface area contributed by atoms with E-state index in [1.807, 2.05) is 0 Å². The molecule has 7 nitrogen and oxygen atoms in total. The van der Waals surface area contributed by atoms with Crippen LogP contribution in [-0.2, 0) is 19.1 Å². The van der Waals surface area contributed by atoms with Crippen molar-refractivity contribution >= 4 is 29.7 Å². The molecule has 2 aliphatic rings. The van der Waals surface area contributed by atoms with Crippen LogP contribution in [0.4, 0.5) is 4.79 Å².